The number of hydrogen-bond acceptors (Lipinski definition) is 3. The van der Waals surface area contributed by atoms with Crippen molar-refractivity contribution in [1.29, 1.82) is 0 Å². The van der Waals surface area contributed by atoms with Crippen molar-refractivity contribution in [3.05, 3.63) is 64.1 Å². The van der Waals surface area contributed by atoms with Crippen molar-refractivity contribution in [2.45, 2.75) is 20.0 Å². The van der Waals surface area contributed by atoms with Crippen molar-refractivity contribution in [3.63, 3.8) is 0 Å². The molecule has 0 radical (unpaired) electrons. The van der Waals surface area contributed by atoms with Crippen molar-refractivity contribution in [2.75, 3.05) is 5.32 Å². The molecule has 2 aromatic carbocycles. The van der Waals surface area contributed by atoms with E-state index in [2.05, 4.69) is 10.8 Å². The molecule has 0 aliphatic carbocycles. The normalized spacial score (nSPS) is 11.9. The van der Waals surface area contributed by atoms with Crippen LogP contribution in [0, 0.1) is 5.92 Å². The molecule has 0 spiro atoms. The Bertz CT molecular complexity index is 731. The van der Waals surface area contributed by atoms with Crippen molar-refractivity contribution in [1.82, 2.24) is 5.48 Å². The first-order valence-electron chi connectivity index (χ1n) is 7.65. The molecule has 2 amide bonds. The zero-order valence-corrected chi connectivity index (χ0v) is 15.3. The zero-order valence-electron chi connectivity index (χ0n) is 13.8. The largest absolute Gasteiger partial charge is 0.324 e. The number of nitrogens with one attached hydrogen (secondary N) is 2. The van der Waals surface area contributed by atoms with Crippen LogP contribution < -0.4 is 10.8 Å². The van der Waals surface area contributed by atoms with E-state index in [0.29, 0.717) is 21.3 Å². The van der Waals surface area contributed by atoms with Gasteiger partial charge in [0.15, 0.2) is 6.10 Å². The molecule has 0 aromatic heterocycles. The molecule has 0 bridgehead atoms. The molecular formula is C18H18Cl2N2O3. The van der Waals surface area contributed by atoms with E-state index in [1.807, 2.05) is 13.8 Å². The summed E-state index contributed by atoms with van der Waals surface area (Å²) in [5.74, 6) is -0.979. The smallest absolute Gasteiger partial charge is 0.274 e. The highest BCUT2D eigenvalue weighted by molar-refractivity contribution is 6.31. The summed E-state index contributed by atoms with van der Waals surface area (Å²) in [5.41, 5.74) is 3.28. The SMILES string of the molecule is CC(C)[C@@H](ONC(=O)c1ccc(Cl)cc1)C(=O)Nc1ccc(Cl)cc1. The minimum absolute atomic E-state index is 0.155. The van der Waals surface area contributed by atoms with Gasteiger partial charge in [-0.3, -0.25) is 14.4 Å². The van der Waals surface area contributed by atoms with Gasteiger partial charge in [-0.1, -0.05) is 37.0 Å². The van der Waals surface area contributed by atoms with Gasteiger partial charge in [0.2, 0.25) is 0 Å². The van der Waals surface area contributed by atoms with Gasteiger partial charge >= 0.3 is 0 Å². The summed E-state index contributed by atoms with van der Waals surface area (Å²) >= 11 is 11.6. The molecule has 0 saturated carbocycles. The number of anilines is 1. The molecule has 0 aliphatic heterocycles. The van der Waals surface area contributed by atoms with Crippen molar-refractivity contribution in [3.8, 4) is 0 Å². The summed E-state index contributed by atoms with van der Waals surface area (Å²) in [6.45, 7) is 3.64. The summed E-state index contributed by atoms with van der Waals surface area (Å²) in [5, 5.41) is 3.83. The second-order valence-corrected chi connectivity index (χ2v) is 6.59. The maximum Gasteiger partial charge on any atom is 0.274 e. The van der Waals surface area contributed by atoms with Gasteiger partial charge in [0.05, 0.1) is 0 Å². The zero-order chi connectivity index (χ0) is 18.4. The van der Waals surface area contributed by atoms with Gasteiger partial charge in [0, 0.05) is 21.3 Å². The number of carbonyl (C=O) groups excluding carboxylic acids is 2. The Balaban J connectivity index is 1.97. The minimum Gasteiger partial charge on any atom is -0.324 e. The fraction of sp³-hybridized carbons (Fsp3) is 0.222. The van der Waals surface area contributed by atoms with Crippen LogP contribution in [0.5, 0.6) is 0 Å². The van der Waals surface area contributed by atoms with Gasteiger partial charge in [0.1, 0.15) is 0 Å². The van der Waals surface area contributed by atoms with Crippen molar-refractivity contribution in [2.24, 2.45) is 5.92 Å². The lowest BCUT2D eigenvalue weighted by Gasteiger charge is -2.20. The quantitative estimate of drug-likeness (QED) is 0.733. The lowest BCUT2D eigenvalue weighted by atomic mass is 10.1. The first kappa shape index (κ1) is 19.2. The summed E-state index contributed by atoms with van der Waals surface area (Å²) in [6, 6.07) is 13.1. The number of rotatable bonds is 6. The molecule has 0 aliphatic rings. The predicted molar refractivity (Wildman–Crippen MR) is 98.7 cm³/mol. The Labute approximate surface area is 156 Å². The Morgan fingerprint density at radius 1 is 0.920 bits per heavy atom. The van der Waals surface area contributed by atoms with Gasteiger partial charge in [-0.25, -0.2) is 5.48 Å². The second-order valence-electron chi connectivity index (χ2n) is 5.72. The van der Waals surface area contributed by atoms with Crippen LogP contribution in [0.3, 0.4) is 0 Å². The number of hydrogen-bond donors (Lipinski definition) is 2. The molecule has 0 saturated heterocycles. The van der Waals surface area contributed by atoms with Crippen LogP contribution in [0.1, 0.15) is 24.2 Å². The highest BCUT2D eigenvalue weighted by Gasteiger charge is 2.25. The van der Waals surface area contributed by atoms with E-state index in [1.165, 1.54) is 0 Å². The average Bonchev–Trinajstić information content (AvgIpc) is 2.57. The Hall–Kier alpha value is -2.08. The molecule has 0 heterocycles. The van der Waals surface area contributed by atoms with Crippen LogP contribution in [0.25, 0.3) is 0 Å². The molecule has 132 valence electrons. The Kier molecular flexibility index (Phi) is 6.82. The standard InChI is InChI=1S/C18H18Cl2N2O3/c1-11(2)16(18(24)21-15-9-7-14(20)8-10-15)25-22-17(23)12-3-5-13(19)6-4-12/h3-11,16H,1-2H3,(H,21,24)(H,22,23)/t16-/m1/s1. The van der Waals surface area contributed by atoms with E-state index in [9.17, 15) is 9.59 Å². The van der Waals surface area contributed by atoms with Gasteiger partial charge in [-0.2, -0.15) is 0 Å². The van der Waals surface area contributed by atoms with E-state index < -0.39 is 12.0 Å². The van der Waals surface area contributed by atoms with Crippen molar-refractivity contribution >= 4 is 40.7 Å². The summed E-state index contributed by atoms with van der Waals surface area (Å²) in [6.07, 6.45) is -0.855. The van der Waals surface area contributed by atoms with Gasteiger partial charge in [-0.15, -0.1) is 0 Å². The lowest BCUT2D eigenvalue weighted by Crippen LogP contribution is -2.40. The molecule has 2 aromatic rings. The van der Waals surface area contributed by atoms with E-state index >= 15 is 0 Å². The van der Waals surface area contributed by atoms with E-state index in [4.69, 9.17) is 28.0 Å². The van der Waals surface area contributed by atoms with E-state index in [-0.39, 0.29) is 11.8 Å². The monoisotopic (exact) mass is 380 g/mol. The Morgan fingerprint density at radius 2 is 1.44 bits per heavy atom. The van der Waals surface area contributed by atoms with Crippen LogP contribution in [-0.4, -0.2) is 17.9 Å². The number of hydroxylamine groups is 1. The highest BCUT2D eigenvalue weighted by atomic mass is 35.5. The predicted octanol–water partition coefficient (Wildman–Crippen LogP) is 4.32. The van der Waals surface area contributed by atoms with Crippen LogP contribution in [0.15, 0.2) is 48.5 Å². The second kappa shape index (κ2) is 8.85. The molecule has 0 unspecified atom stereocenters. The van der Waals surface area contributed by atoms with Gasteiger partial charge in [-0.05, 0) is 54.4 Å². The van der Waals surface area contributed by atoms with Crippen LogP contribution >= 0.6 is 23.2 Å². The molecule has 7 heteroatoms. The van der Waals surface area contributed by atoms with Gasteiger partial charge < -0.3 is 5.32 Å². The number of amides is 2. The molecule has 5 nitrogen and oxygen atoms in total. The first-order chi connectivity index (χ1) is 11.9. The average molecular weight is 381 g/mol. The van der Waals surface area contributed by atoms with Crippen LogP contribution in [-0.2, 0) is 9.63 Å². The van der Waals surface area contributed by atoms with E-state index in [1.54, 1.807) is 48.5 Å². The third-order valence-electron chi connectivity index (χ3n) is 3.36. The third kappa shape index (κ3) is 5.74. The topological polar surface area (TPSA) is 67.4 Å². The summed E-state index contributed by atoms with van der Waals surface area (Å²) in [4.78, 5) is 29.8. The van der Waals surface area contributed by atoms with Gasteiger partial charge in [0.25, 0.3) is 11.8 Å². The minimum atomic E-state index is -0.855. The lowest BCUT2D eigenvalue weighted by molar-refractivity contribution is -0.134. The molecule has 2 rings (SSSR count). The number of benzene rings is 2. The van der Waals surface area contributed by atoms with E-state index in [0.717, 1.165) is 0 Å². The molecule has 2 N–H and O–H groups in total. The third-order valence-corrected chi connectivity index (χ3v) is 3.86. The van der Waals surface area contributed by atoms with Crippen LogP contribution in [0.2, 0.25) is 10.0 Å². The number of halogens is 2. The maximum atomic E-state index is 12.4. The summed E-state index contributed by atoms with van der Waals surface area (Å²) in [7, 11) is 0. The fourth-order valence-corrected chi connectivity index (χ4v) is 2.27. The molecule has 1 atom stereocenters. The molecular weight excluding hydrogens is 363 g/mol. The molecule has 0 fully saturated rings. The first-order valence-corrected chi connectivity index (χ1v) is 8.40. The number of carbonyl (C=O) groups is 2. The maximum absolute atomic E-state index is 12.4. The highest BCUT2D eigenvalue weighted by Crippen LogP contribution is 2.16. The fourth-order valence-electron chi connectivity index (χ4n) is 2.02. The van der Waals surface area contributed by atoms with Crippen LogP contribution in [0.4, 0.5) is 5.69 Å². The molecule has 25 heavy (non-hydrogen) atoms. The van der Waals surface area contributed by atoms with Crippen molar-refractivity contribution < 1.29 is 14.4 Å². The summed E-state index contributed by atoms with van der Waals surface area (Å²) < 4.78 is 0. The Morgan fingerprint density at radius 3 is 1.96 bits per heavy atom.